The molecule has 0 spiro atoms. The molecule has 11 heteroatoms. The predicted octanol–water partition coefficient (Wildman–Crippen LogP) is 3.03. The Labute approximate surface area is 202 Å². The van der Waals surface area contributed by atoms with Gasteiger partial charge in [0.1, 0.15) is 6.04 Å². The average molecular weight is 496 g/mol. The van der Waals surface area contributed by atoms with E-state index in [1.54, 1.807) is 60.9 Å². The van der Waals surface area contributed by atoms with Gasteiger partial charge in [0.2, 0.25) is 5.91 Å². The Morgan fingerprint density at radius 1 is 1.17 bits per heavy atom. The van der Waals surface area contributed by atoms with E-state index in [0.717, 1.165) is 0 Å². The maximum atomic E-state index is 13.4. The van der Waals surface area contributed by atoms with Gasteiger partial charge >= 0.3 is 12.1 Å². The van der Waals surface area contributed by atoms with Gasteiger partial charge in [-0.3, -0.25) is 14.4 Å². The zero-order valence-corrected chi connectivity index (χ0v) is 20.5. The van der Waals surface area contributed by atoms with E-state index in [4.69, 9.17) is 0 Å². The number of halogens is 3. The third-order valence-electron chi connectivity index (χ3n) is 6.48. The topological polar surface area (TPSA) is 95.8 Å². The molecule has 0 bridgehead atoms. The van der Waals surface area contributed by atoms with Gasteiger partial charge in [0, 0.05) is 25.3 Å². The van der Waals surface area contributed by atoms with Gasteiger partial charge in [0.05, 0.1) is 23.6 Å². The molecule has 0 saturated carbocycles. The minimum Gasteiger partial charge on any atom is -0.349 e. The van der Waals surface area contributed by atoms with E-state index in [9.17, 15) is 27.6 Å². The first kappa shape index (κ1) is 26.5. The predicted molar refractivity (Wildman–Crippen MR) is 123 cm³/mol. The first-order valence-electron chi connectivity index (χ1n) is 11.6. The van der Waals surface area contributed by atoms with Gasteiger partial charge in [-0.25, -0.2) is 4.98 Å². The van der Waals surface area contributed by atoms with Crippen LogP contribution in [0.2, 0.25) is 0 Å². The number of likely N-dealkylation sites (tertiary alicyclic amines) is 1. The highest BCUT2D eigenvalue weighted by molar-refractivity contribution is 6.00. The van der Waals surface area contributed by atoms with E-state index >= 15 is 0 Å². The van der Waals surface area contributed by atoms with Gasteiger partial charge in [0.25, 0.3) is 5.91 Å². The first-order chi connectivity index (χ1) is 16.2. The number of alkyl halides is 3. The van der Waals surface area contributed by atoms with E-state index in [0.29, 0.717) is 24.0 Å². The number of aromatic nitrogens is 2. The summed E-state index contributed by atoms with van der Waals surface area (Å²) in [4.78, 5) is 43.9. The van der Waals surface area contributed by atoms with Gasteiger partial charge in [0.15, 0.2) is 0 Å². The fourth-order valence-electron chi connectivity index (χ4n) is 4.56. The van der Waals surface area contributed by atoms with Crippen molar-refractivity contribution >= 4 is 23.2 Å². The van der Waals surface area contributed by atoms with E-state index in [1.807, 2.05) is 19.2 Å². The van der Waals surface area contributed by atoms with Crippen molar-refractivity contribution < 1.29 is 27.6 Å². The number of carbonyl (C=O) groups is 3. The number of piperidine rings is 1. The molecule has 2 N–H and O–H groups in total. The van der Waals surface area contributed by atoms with Gasteiger partial charge < -0.3 is 19.9 Å². The molecule has 35 heavy (non-hydrogen) atoms. The lowest BCUT2D eigenvalue weighted by molar-refractivity contribution is -0.175. The molecule has 3 atom stereocenters. The van der Waals surface area contributed by atoms with Gasteiger partial charge in [-0.05, 0) is 35.8 Å². The molecule has 1 saturated heterocycles. The first-order valence-corrected chi connectivity index (χ1v) is 11.6. The summed E-state index contributed by atoms with van der Waals surface area (Å²) in [5, 5.41) is 4.69. The van der Waals surface area contributed by atoms with Crippen LogP contribution in [0.4, 0.5) is 13.2 Å². The van der Waals surface area contributed by atoms with Crippen LogP contribution in [-0.2, 0) is 9.59 Å². The van der Waals surface area contributed by atoms with E-state index in [1.165, 1.54) is 0 Å². The third-order valence-corrected chi connectivity index (χ3v) is 6.48. The number of imidazole rings is 1. The molecule has 1 aliphatic rings. The molecule has 0 radical (unpaired) electrons. The molecular formula is C24H32F3N5O3. The van der Waals surface area contributed by atoms with Crippen molar-refractivity contribution in [1.82, 2.24) is 24.9 Å². The van der Waals surface area contributed by atoms with Crippen LogP contribution in [0.3, 0.4) is 0 Å². The summed E-state index contributed by atoms with van der Waals surface area (Å²) < 4.78 is 40.4. The Kier molecular flexibility index (Phi) is 7.47. The molecule has 0 unspecified atom stereocenters. The smallest absolute Gasteiger partial charge is 0.349 e. The van der Waals surface area contributed by atoms with Gasteiger partial charge in [-0.1, -0.05) is 34.6 Å². The fourth-order valence-corrected chi connectivity index (χ4v) is 4.56. The van der Waals surface area contributed by atoms with Crippen molar-refractivity contribution in [2.24, 2.45) is 17.3 Å². The number of hydrogen-bond acceptors (Lipinski definition) is 4. The maximum Gasteiger partial charge on any atom is 0.471 e. The quantitative estimate of drug-likeness (QED) is 0.667. The summed E-state index contributed by atoms with van der Waals surface area (Å²) in [6, 6.07) is 1.57. The van der Waals surface area contributed by atoms with Crippen LogP contribution in [0.1, 0.15) is 51.4 Å². The Balaban J connectivity index is 1.82. The van der Waals surface area contributed by atoms with E-state index in [-0.39, 0.29) is 24.3 Å². The monoisotopic (exact) mass is 495 g/mol. The number of fused-ring (bicyclic) bond motifs is 1. The minimum atomic E-state index is -5.10. The van der Waals surface area contributed by atoms with Crippen molar-refractivity contribution in [3.05, 3.63) is 36.4 Å². The van der Waals surface area contributed by atoms with Crippen LogP contribution in [0.15, 0.2) is 30.9 Å². The number of rotatable bonds is 5. The second-order valence-electron chi connectivity index (χ2n) is 10.4. The van der Waals surface area contributed by atoms with Crippen LogP contribution in [-0.4, -0.2) is 63.4 Å². The molecule has 3 amide bonds. The normalized spacial score (nSPS) is 20.1. The van der Waals surface area contributed by atoms with Crippen molar-refractivity contribution in [2.75, 3.05) is 13.1 Å². The SMILES string of the molecule is CC(C)[C@@H]1CCN(C(=O)c2cccn3cncc23)C[C@@H]1NC(=O)[C@@H](NC(=O)C(F)(F)F)C(C)(C)C. The lowest BCUT2D eigenvalue weighted by Gasteiger charge is -2.42. The summed E-state index contributed by atoms with van der Waals surface area (Å²) in [7, 11) is 0. The van der Waals surface area contributed by atoms with Crippen LogP contribution in [0, 0.1) is 17.3 Å². The zero-order chi connectivity index (χ0) is 26.1. The summed E-state index contributed by atoms with van der Waals surface area (Å²) >= 11 is 0. The molecule has 1 fully saturated rings. The molecular weight excluding hydrogens is 463 g/mol. The molecule has 1 aliphatic heterocycles. The third kappa shape index (κ3) is 5.94. The highest BCUT2D eigenvalue weighted by Gasteiger charge is 2.44. The zero-order valence-electron chi connectivity index (χ0n) is 20.5. The molecule has 0 aliphatic carbocycles. The average Bonchev–Trinajstić information content (AvgIpc) is 3.24. The molecule has 8 nitrogen and oxygen atoms in total. The van der Waals surface area contributed by atoms with Gasteiger partial charge in [-0.15, -0.1) is 0 Å². The lowest BCUT2D eigenvalue weighted by Crippen LogP contribution is -2.61. The minimum absolute atomic E-state index is 0.00713. The molecule has 3 rings (SSSR count). The van der Waals surface area contributed by atoms with Crippen molar-refractivity contribution in [3.8, 4) is 0 Å². The van der Waals surface area contributed by atoms with Crippen molar-refractivity contribution in [1.29, 1.82) is 0 Å². The largest absolute Gasteiger partial charge is 0.471 e. The van der Waals surface area contributed by atoms with E-state index in [2.05, 4.69) is 10.3 Å². The van der Waals surface area contributed by atoms with Crippen LogP contribution < -0.4 is 10.6 Å². The van der Waals surface area contributed by atoms with Crippen molar-refractivity contribution in [2.45, 2.75) is 59.3 Å². The highest BCUT2D eigenvalue weighted by atomic mass is 19.4. The maximum absolute atomic E-state index is 13.4. The summed E-state index contributed by atoms with van der Waals surface area (Å²) in [5.74, 6) is -2.92. The molecule has 2 aromatic heterocycles. The summed E-state index contributed by atoms with van der Waals surface area (Å²) in [6.45, 7) is 9.43. The Morgan fingerprint density at radius 3 is 2.46 bits per heavy atom. The standard InChI is InChI=1S/C24H32F3N5O3/c1-14(2)15-8-10-31(21(34)16-7-6-9-32-13-28-11-18(16)32)12-17(15)29-20(33)19(23(3,4)5)30-22(35)24(25,26)27/h6-7,9,11,13-15,17,19H,8,10,12H2,1-5H3,(H,29,33)(H,30,35)/t15-,17-,19+/m0/s1. The number of carbonyl (C=O) groups excluding carboxylic acids is 3. The molecule has 2 aromatic rings. The molecule has 0 aromatic carbocycles. The van der Waals surface area contributed by atoms with Gasteiger partial charge in [-0.2, -0.15) is 13.2 Å². The van der Waals surface area contributed by atoms with Crippen LogP contribution >= 0.6 is 0 Å². The Morgan fingerprint density at radius 2 is 1.86 bits per heavy atom. The second-order valence-corrected chi connectivity index (χ2v) is 10.4. The summed E-state index contributed by atoms with van der Waals surface area (Å²) in [6.07, 6.45) is 0.500. The highest BCUT2D eigenvalue weighted by Crippen LogP contribution is 2.28. The number of amides is 3. The number of nitrogens with one attached hydrogen (secondary N) is 2. The Bertz CT molecular complexity index is 1090. The van der Waals surface area contributed by atoms with E-state index < -0.39 is 35.5 Å². The Hall–Kier alpha value is -3.11. The molecule has 192 valence electrons. The fraction of sp³-hybridized carbons (Fsp3) is 0.583. The number of nitrogens with zero attached hydrogens (tertiary/aromatic N) is 3. The second kappa shape index (κ2) is 9.87. The summed E-state index contributed by atoms with van der Waals surface area (Å²) in [5.41, 5.74) is 0.162. The lowest BCUT2D eigenvalue weighted by atomic mass is 9.81. The van der Waals surface area contributed by atoms with Crippen LogP contribution in [0.25, 0.3) is 5.52 Å². The van der Waals surface area contributed by atoms with Crippen molar-refractivity contribution in [3.63, 3.8) is 0 Å². The number of hydrogen-bond donors (Lipinski definition) is 2. The van der Waals surface area contributed by atoms with Crippen LogP contribution in [0.5, 0.6) is 0 Å². The number of pyridine rings is 1. The molecule has 3 heterocycles.